The van der Waals surface area contributed by atoms with Crippen LogP contribution in [0.1, 0.15) is 37.6 Å². The molecule has 32 heavy (non-hydrogen) atoms. The summed E-state index contributed by atoms with van der Waals surface area (Å²) in [6.07, 6.45) is 0.373. The van der Waals surface area contributed by atoms with E-state index in [-0.39, 0.29) is 5.04 Å². The Morgan fingerprint density at radius 3 is 1.72 bits per heavy atom. The van der Waals surface area contributed by atoms with Gasteiger partial charge in [-0.05, 0) is 21.3 Å². The Balaban J connectivity index is 1.80. The van der Waals surface area contributed by atoms with E-state index in [4.69, 9.17) is 4.43 Å². The Labute approximate surface area is 191 Å². The lowest BCUT2D eigenvalue weighted by Crippen LogP contribution is -2.66. The van der Waals surface area contributed by atoms with Crippen LogP contribution < -0.4 is 10.4 Å². The van der Waals surface area contributed by atoms with Crippen molar-refractivity contribution in [3.05, 3.63) is 96.6 Å². The highest BCUT2D eigenvalue weighted by atomic mass is 28.4. The highest BCUT2D eigenvalue weighted by molar-refractivity contribution is 6.99. The van der Waals surface area contributed by atoms with Crippen LogP contribution in [-0.2, 0) is 9.22 Å². The van der Waals surface area contributed by atoms with Crippen LogP contribution >= 0.6 is 0 Å². The summed E-state index contributed by atoms with van der Waals surface area (Å²) >= 11 is 0. The summed E-state index contributed by atoms with van der Waals surface area (Å²) in [4.78, 5) is 24.3. The smallest absolute Gasteiger partial charge is 0.276 e. The lowest BCUT2D eigenvalue weighted by atomic mass is 10.1. The predicted molar refractivity (Wildman–Crippen MR) is 132 cm³/mol. The maximum Gasteiger partial charge on any atom is 0.276 e. The summed E-state index contributed by atoms with van der Waals surface area (Å²) in [6, 6.07) is 29.2. The molecule has 0 saturated heterocycles. The predicted octanol–water partition coefficient (Wildman–Crippen LogP) is 4.41. The Hall–Kier alpha value is -3.26. The number of carbonyl (C=O) groups excluding carboxylic acids is 2. The fourth-order valence-electron chi connectivity index (χ4n) is 3.94. The summed E-state index contributed by atoms with van der Waals surface area (Å²) in [6.45, 7) is 7.03. The largest absolute Gasteiger partial charge is 0.406 e. The highest BCUT2D eigenvalue weighted by Crippen LogP contribution is 2.36. The van der Waals surface area contributed by atoms with Crippen LogP contribution in [0.2, 0.25) is 5.04 Å². The lowest BCUT2D eigenvalue weighted by Gasteiger charge is -2.43. The van der Waals surface area contributed by atoms with Gasteiger partial charge >= 0.3 is 0 Å². The molecule has 4 heteroatoms. The molecule has 0 bridgehead atoms. The van der Waals surface area contributed by atoms with Gasteiger partial charge in [-0.25, -0.2) is 0 Å². The monoisotopic (exact) mass is 440 g/mol. The number of ketones is 2. The quantitative estimate of drug-likeness (QED) is 0.137. The maximum absolute atomic E-state index is 12.2. The van der Waals surface area contributed by atoms with E-state index in [1.165, 1.54) is 10.4 Å². The molecule has 3 aromatic carbocycles. The van der Waals surface area contributed by atoms with Crippen LogP contribution in [0.15, 0.2) is 91.0 Å². The summed E-state index contributed by atoms with van der Waals surface area (Å²) in [7, 11) is -2.62. The first kappa shape index (κ1) is 23.4. The minimum atomic E-state index is -2.62. The van der Waals surface area contributed by atoms with Gasteiger partial charge in [-0.15, -0.1) is 0 Å². The number of Topliss-reactive ketones (excluding diaryl/α,β-unsaturated/α-hetero) is 2. The molecule has 0 aliphatic rings. The first-order valence-electron chi connectivity index (χ1n) is 10.7. The standard InChI is InChI=1S/C28H28O3Si/c1-28(2,3)32(24-17-9-5-10-18-24,25-19-11-6-12-20-25)31-22-14-13-21-26(29)27(30)23-15-7-4-8-16-23/h4-12,15-20H,14,22H2,1-3H3. The molecular formula is C28H28O3Si. The first-order valence-corrected chi connectivity index (χ1v) is 12.6. The van der Waals surface area contributed by atoms with Crippen molar-refractivity contribution in [1.82, 2.24) is 0 Å². The van der Waals surface area contributed by atoms with Crippen LogP contribution in [0, 0.1) is 11.8 Å². The molecular weight excluding hydrogens is 412 g/mol. The fourth-order valence-corrected chi connectivity index (χ4v) is 8.50. The van der Waals surface area contributed by atoms with E-state index in [1.807, 2.05) is 36.4 Å². The third-order valence-corrected chi connectivity index (χ3v) is 10.4. The number of benzene rings is 3. The van der Waals surface area contributed by atoms with Gasteiger partial charge in [0.15, 0.2) is 0 Å². The number of rotatable bonds is 7. The van der Waals surface area contributed by atoms with Gasteiger partial charge in [-0.3, -0.25) is 9.59 Å². The van der Waals surface area contributed by atoms with E-state index in [2.05, 4.69) is 56.9 Å². The van der Waals surface area contributed by atoms with Crippen LogP contribution in [0.4, 0.5) is 0 Å². The zero-order valence-electron chi connectivity index (χ0n) is 18.8. The Morgan fingerprint density at radius 2 is 1.25 bits per heavy atom. The van der Waals surface area contributed by atoms with E-state index < -0.39 is 19.9 Å². The summed E-state index contributed by atoms with van der Waals surface area (Å²) < 4.78 is 6.73. The van der Waals surface area contributed by atoms with Crippen LogP contribution in [0.5, 0.6) is 0 Å². The van der Waals surface area contributed by atoms with Gasteiger partial charge < -0.3 is 4.43 Å². The molecule has 0 atom stereocenters. The van der Waals surface area contributed by atoms with Crippen LogP contribution in [0.3, 0.4) is 0 Å². The number of carbonyl (C=O) groups is 2. The molecule has 0 aliphatic carbocycles. The molecule has 0 N–H and O–H groups in total. The van der Waals surface area contributed by atoms with E-state index in [9.17, 15) is 9.59 Å². The number of hydrogen-bond acceptors (Lipinski definition) is 3. The zero-order valence-corrected chi connectivity index (χ0v) is 19.8. The van der Waals surface area contributed by atoms with E-state index in [0.29, 0.717) is 18.6 Å². The van der Waals surface area contributed by atoms with Gasteiger partial charge in [0, 0.05) is 18.6 Å². The lowest BCUT2D eigenvalue weighted by molar-refractivity contribution is -0.110. The second kappa shape index (κ2) is 10.4. The van der Waals surface area contributed by atoms with E-state index in [0.717, 1.165) is 0 Å². The van der Waals surface area contributed by atoms with Gasteiger partial charge in [-0.1, -0.05) is 118 Å². The molecule has 0 unspecified atom stereocenters. The van der Waals surface area contributed by atoms with Crippen molar-refractivity contribution in [2.45, 2.75) is 32.2 Å². The van der Waals surface area contributed by atoms with Crippen molar-refractivity contribution < 1.29 is 14.0 Å². The summed E-state index contributed by atoms with van der Waals surface area (Å²) in [5, 5.41) is 2.27. The van der Waals surface area contributed by atoms with E-state index >= 15 is 0 Å². The minimum Gasteiger partial charge on any atom is -0.406 e. The molecule has 3 nitrogen and oxygen atoms in total. The fraction of sp³-hybridized carbons (Fsp3) is 0.214. The van der Waals surface area contributed by atoms with Gasteiger partial charge in [0.1, 0.15) is 0 Å². The molecule has 0 radical (unpaired) electrons. The third-order valence-electron chi connectivity index (χ3n) is 5.41. The van der Waals surface area contributed by atoms with Crippen molar-refractivity contribution in [2.75, 3.05) is 6.61 Å². The summed E-state index contributed by atoms with van der Waals surface area (Å²) in [5.41, 5.74) is 0.357. The van der Waals surface area contributed by atoms with Crippen LogP contribution in [-0.4, -0.2) is 26.5 Å². The first-order chi connectivity index (χ1) is 15.4. The normalized spacial score (nSPS) is 11.3. The second-order valence-corrected chi connectivity index (χ2v) is 12.9. The molecule has 162 valence electrons. The van der Waals surface area contributed by atoms with Crippen molar-refractivity contribution in [3.8, 4) is 11.8 Å². The van der Waals surface area contributed by atoms with Gasteiger partial charge in [-0.2, -0.15) is 0 Å². The molecule has 0 amide bonds. The summed E-state index contributed by atoms with van der Waals surface area (Å²) in [5.74, 6) is 4.05. The third kappa shape index (κ3) is 5.13. The van der Waals surface area contributed by atoms with Crippen molar-refractivity contribution in [3.63, 3.8) is 0 Å². The Bertz CT molecular complexity index is 1070. The molecule has 0 heterocycles. The topological polar surface area (TPSA) is 43.4 Å². The second-order valence-electron chi connectivity index (χ2n) is 8.59. The molecule has 0 aromatic heterocycles. The molecule has 3 aromatic rings. The van der Waals surface area contributed by atoms with Crippen LogP contribution in [0.25, 0.3) is 0 Å². The van der Waals surface area contributed by atoms with Gasteiger partial charge in [0.05, 0.1) is 0 Å². The Morgan fingerprint density at radius 1 is 0.781 bits per heavy atom. The number of hydrogen-bond donors (Lipinski definition) is 0. The molecule has 0 saturated carbocycles. The Kier molecular flexibility index (Phi) is 7.58. The van der Waals surface area contributed by atoms with Crippen molar-refractivity contribution in [1.29, 1.82) is 0 Å². The van der Waals surface area contributed by atoms with Gasteiger partial charge in [0.2, 0.25) is 5.78 Å². The maximum atomic E-state index is 12.2. The highest BCUT2D eigenvalue weighted by Gasteiger charge is 2.49. The zero-order chi connectivity index (χ0) is 23.0. The average molecular weight is 441 g/mol. The van der Waals surface area contributed by atoms with Crippen molar-refractivity contribution in [2.24, 2.45) is 0 Å². The molecule has 0 spiro atoms. The van der Waals surface area contributed by atoms with E-state index in [1.54, 1.807) is 30.3 Å². The molecule has 3 rings (SSSR count). The van der Waals surface area contributed by atoms with Gasteiger partial charge in [0.25, 0.3) is 14.1 Å². The SMILES string of the molecule is CC(C)(C)[Si](OCCC#CC(=O)C(=O)c1ccccc1)(c1ccccc1)c1ccccc1. The average Bonchev–Trinajstić information content (AvgIpc) is 2.81. The molecule has 0 fully saturated rings. The molecule has 0 aliphatic heterocycles. The van der Waals surface area contributed by atoms with Crippen molar-refractivity contribution >= 4 is 30.3 Å². The minimum absolute atomic E-state index is 0.123.